The highest BCUT2D eigenvalue weighted by molar-refractivity contribution is 6.42. The molecule has 82 valence electrons. The fourth-order valence-corrected chi connectivity index (χ4v) is 1.89. The van der Waals surface area contributed by atoms with Gasteiger partial charge in [0.15, 0.2) is 0 Å². The topological polar surface area (TPSA) is 41.1 Å². The zero-order valence-corrected chi connectivity index (χ0v) is 10.2. The number of rotatable bonds is 2. The fraction of sp³-hybridized carbons (Fsp3) is 0.222. The summed E-state index contributed by atoms with van der Waals surface area (Å²) in [6.07, 6.45) is 0. The summed E-state index contributed by atoms with van der Waals surface area (Å²) in [7, 11) is 0. The van der Waals surface area contributed by atoms with Crippen LogP contribution in [-0.4, -0.2) is 12.6 Å². The number of anilines is 1. The van der Waals surface area contributed by atoms with Crippen molar-refractivity contribution in [3.8, 4) is 0 Å². The Morgan fingerprint density at radius 2 is 1.80 bits per heavy atom. The first-order valence-electron chi connectivity index (χ1n) is 4.24. The average molecular weight is 268 g/mol. The van der Waals surface area contributed by atoms with E-state index in [1.807, 2.05) is 6.92 Å². The molecule has 0 fully saturated rings. The molecule has 6 heteroatoms. The summed E-state index contributed by atoms with van der Waals surface area (Å²) >= 11 is 17.5. The number of benzene rings is 1. The molecule has 15 heavy (non-hydrogen) atoms. The lowest BCUT2D eigenvalue weighted by molar-refractivity contribution is 0.252. The normalized spacial score (nSPS) is 9.87. The fourth-order valence-electron chi connectivity index (χ4n) is 0.980. The van der Waals surface area contributed by atoms with E-state index in [-0.39, 0.29) is 6.03 Å². The highest BCUT2D eigenvalue weighted by Crippen LogP contribution is 2.33. The van der Waals surface area contributed by atoms with E-state index in [0.717, 1.165) is 0 Å². The summed E-state index contributed by atoms with van der Waals surface area (Å²) in [5.41, 5.74) is 0.355. The molecule has 0 unspecified atom stereocenters. The number of carbonyl (C=O) groups is 1. The van der Waals surface area contributed by atoms with E-state index in [4.69, 9.17) is 34.8 Å². The molecule has 1 rings (SSSR count). The smallest absolute Gasteiger partial charge is 0.319 e. The van der Waals surface area contributed by atoms with Crippen LogP contribution in [0.25, 0.3) is 0 Å². The molecule has 0 saturated carbocycles. The Bertz CT molecular complexity index is 359. The second-order valence-electron chi connectivity index (χ2n) is 2.73. The Kier molecular flexibility index (Phi) is 4.51. The number of hydrogen-bond acceptors (Lipinski definition) is 1. The second-order valence-corrected chi connectivity index (χ2v) is 3.98. The monoisotopic (exact) mass is 266 g/mol. The van der Waals surface area contributed by atoms with Gasteiger partial charge in [0.1, 0.15) is 0 Å². The van der Waals surface area contributed by atoms with Crippen LogP contribution in [0.3, 0.4) is 0 Å². The van der Waals surface area contributed by atoms with Crippen LogP contribution in [0.5, 0.6) is 0 Å². The lowest BCUT2D eigenvalue weighted by Crippen LogP contribution is -2.28. The van der Waals surface area contributed by atoms with Gasteiger partial charge in [-0.05, 0) is 19.1 Å². The van der Waals surface area contributed by atoms with E-state index in [9.17, 15) is 4.79 Å². The highest BCUT2D eigenvalue weighted by atomic mass is 35.5. The molecule has 0 bridgehead atoms. The van der Waals surface area contributed by atoms with Gasteiger partial charge >= 0.3 is 6.03 Å². The van der Waals surface area contributed by atoms with Crippen LogP contribution in [0, 0.1) is 0 Å². The van der Waals surface area contributed by atoms with Crippen LogP contribution in [-0.2, 0) is 0 Å². The van der Waals surface area contributed by atoms with E-state index < -0.39 is 0 Å². The predicted octanol–water partition coefficient (Wildman–Crippen LogP) is 3.79. The van der Waals surface area contributed by atoms with E-state index >= 15 is 0 Å². The van der Waals surface area contributed by atoms with Crippen molar-refractivity contribution in [1.29, 1.82) is 0 Å². The molecule has 0 saturated heterocycles. The van der Waals surface area contributed by atoms with Crippen molar-refractivity contribution < 1.29 is 4.79 Å². The number of hydrogen-bond donors (Lipinski definition) is 2. The Morgan fingerprint density at radius 1 is 1.27 bits per heavy atom. The summed E-state index contributed by atoms with van der Waals surface area (Å²) < 4.78 is 0. The minimum Gasteiger partial charge on any atom is -0.338 e. The standard InChI is InChI=1S/C9H9Cl3N2O/c1-2-13-9(15)14-8-6(11)3-5(10)4-7(8)12/h3-4H,2H2,1H3,(H2,13,14,15). The van der Waals surface area contributed by atoms with Gasteiger partial charge in [0.2, 0.25) is 0 Å². The number of urea groups is 1. The average Bonchev–Trinajstić information content (AvgIpc) is 2.11. The van der Waals surface area contributed by atoms with Gasteiger partial charge in [0, 0.05) is 11.6 Å². The molecule has 0 aliphatic rings. The number of amides is 2. The third-order valence-electron chi connectivity index (χ3n) is 1.58. The van der Waals surface area contributed by atoms with Crippen molar-refractivity contribution in [3.63, 3.8) is 0 Å². The molecular weight excluding hydrogens is 258 g/mol. The van der Waals surface area contributed by atoms with Gasteiger partial charge in [0.25, 0.3) is 0 Å². The van der Waals surface area contributed by atoms with Crippen LogP contribution in [0.15, 0.2) is 12.1 Å². The van der Waals surface area contributed by atoms with Crippen molar-refractivity contribution in [2.24, 2.45) is 0 Å². The van der Waals surface area contributed by atoms with E-state index in [1.165, 1.54) is 12.1 Å². The largest absolute Gasteiger partial charge is 0.338 e. The zero-order chi connectivity index (χ0) is 11.4. The third kappa shape index (κ3) is 3.45. The van der Waals surface area contributed by atoms with Crippen LogP contribution < -0.4 is 10.6 Å². The first-order chi connectivity index (χ1) is 7.04. The van der Waals surface area contributed by atoms with Crippen molar-refractivity contribution >= 4 is 46.5 Å². The first kappa shape index (κ1) is 12.4. The number of nitrogens with one attached hydrogen (secondary N) is 2. The molecule has 3 nitrogen and oxygen atoms in total. The molecule has 0 aromatic heterocycles. The quantitative estimate of drug-likeness (QED) is 0.841. The predicted molar refractivity (Wildman–Crippen MR) is 64.2 cm³/mol. The molecule has 1 aromatic carbocycles. The second kappa shape index (κ2) is 5.45. The zero-order valence-electron chi connectivity index (χ0n) is 7.90. The molecule has 0 spiro atoms. The lowest BCUT2D eigenvalue weighted by Gasteiger charge is -2.09. The molecule has 2 N–H and O–H groups in total. The summed E-state index contributed by atoms with van der Waals surface area (Å²) in [6, 6.07) is 2.66. The van der Waals surface area contributed by atoms with E-state index in [2.05, 4.69) is 10.6 Å². The first-order valence-corrected chi connectivity index (χ1v) is 5.37. The van der Waals surface area contributed by atoms with Gasteiger partial charge in [-0.1, -0.05) is 34.8 Å². The third-order valence-corrected chi connectivity index (χ3v) is 2.40. The number of halogens is 3. The molecular formula is C9H9Cl3N2O. The molecule has 2 amide bonds. The maximum Gasteiger partial charge on any atom is 0.319 e. The molecule has 0 heterocycles. The molecule has 0 aliphatic heterocycles. The maximum absolute atomic E-state index is 11.2. The van der Waals surface area contributed by atoms with Gasteiger partial charge in [-0.3, -0.25) is 0 Å². The Balaban J connectivity index is 2.90. The summed E-state index contributed by atoms with van der Waals surface area (Å²) in [5.74, 6) is 0. The summed E-state index contributed by atoms with van der Waals surface area (Å²) in [5, 5.41) is 6.13. The Labute approximate surface area is 103 Å². The Morgan fingerprint density at radius 3 is 2.27 bits per heavy atom. The summed E-state index contributed by atoms with van der Waals surface area (Å²) in [4.78, 5) is 11.2. The van der Waals surface area contributed by atoms with Crippen molar-refractivity contribution in [1.82, 2.24) is 5.32 Å². The van der Waals surface area contributed by atoms with Gasteiger partial charge in [0.05, 0.1) is 15.7 Å². The van der Waals surface area contributed by atoms with Gasteiger partial charge < -0.3 is 10.6 Å². The van der Waals surface area contributed by atoms with Crippen molar-refractivity contribution in [3.05, 3.63) is 27.2 Å². The summed E-state index contributed by atoms with van der Waals surface area (Å²) in [6.45, 7) is 2.33. The highest BCUT2D eigenvalue weighted by Gasteiger charge is 2.10. The minimum atomic E-state index is -0.358. The molecule has 0 aliphatic carbocycles. The number of carbonyl (C=O) groups excluding carboxylic acids is 1. The molecule has 1 aromatic rings. The van der Waals surface area contributed by atoms with E-state index in [1.54, 1.807) is 0 Å². The van der Waals surface area contributed by atoms with Crippen LogP contribution in [0.2, 0.25) is 15.1 Å². The lowest BCUT2D eigenvalue weighted by atomic mass is 10.3. The van der Waals surface area contributed by atoms with Gasteiger partial charge in [-0.2, -0.15) is 0 Å². The van der Waals surface area contributed by atoms with Crippen LogP contribution in [0.1, 0.15) is 6.92 Å². The van der Waals surface area contributed by atoms with Crippen molar-refractivity contribution in [2.75, 3.05) is 11.9 Å². The van der Waals surface area contributed by atoms with Crippen molar-refractivity contribution in [2.45, 2.75) is 6.92 Å². The van der Waals surface area contributed by atoms with Gasteiger partial charge in [-0.15, -0.1) is 0 Å². The SMILES string of the molecule is CCNC(=O)Nc1c(Cl)cc(Cl)cc1Cl. The maximum atomic E-state index is 11.2. The van der Waals surface area contributed by atoms with Crippen LogP contribution in [0.4, 0.5) is 10.5 Å². The molecule has 0 radical (unpaired) electrons. The minimum absolute atomic E-state index is 0.304. The molecule has 0 atom stereocenters. The Hall–Kier alpha value is -0.640. The van der Waals surface area contributed by atoms with Crippen LogP contribution >= 0.6 is 34.8 Å². The van der Waals surface area contributed by atoms with Gasteiger partial charge in [-0.25, -0.2) is 4.79 Å². The van der Waals surface area contributed by atoms with E-state index in [0.29, 0.717) is 27.3 Å².